The molecule has 1 aromatic heterocycles. The molecule has 1 unspecified atom stereocenters. The van der Waals surface area contributed by atoms with Crippen molar-refractivity contribution in [3.8, 4) is 0 Å². The van der Waals surface area contributed by atoms with Crippen molar-refractivity contribution in [1.82, 2.24) is 19.2 Å². The lowest BCUT2D eigenvalue weighted by molar-refractivity contribution is 0.354. The van der Waals surface area contributed by atoms with Gasteiger partial charge in [0.15, 0.2) is 0 Å². The molecule has 26 heavy (non-hydrogen) atoms. The van der Waals surface area contributed by atoms with E-state index in [0.29, 0.717) is 16.9 Å². The van der Waals surface area contributed by atoms with Crippen LogP contribution in [0.4, 0.5) is 0 Å². The number of hydrogen-bond acceptors (Lipinski definition) is 7. The summed E-state index contributed by atoms with van der Waals surface area (Å²) in [6.45, 7) is 1.44. The van der Waals surface area contributed by atoms with E-state index in [9.17, 15) is 4.21 Å². The van der Waals surface area contributed by atoms with Gasteiger partial charge in [-0.15, -0.1) is 0 Å². The van der Waals surface area contributed by atoms with Gasteiger partial charge in [0.25, 0.3) is 0 Å². The van der Waals surface area contributed by atoms with Crippen LogP contribution >= 0.6 is 23.5 Å². The SMILES string of the molecule is O=S1CCN(C2=c3ncncc3=NC(Cl)N2SCc2ccccc2)CC1. The predicted octanol–water partition coefficient (Wildman–Crippen LogP) is 0.913. The van der Waals surface area contributed by atoms with Crippen LogP contribution in [0.1, 0.15) is 5.56 Å². The van der Waals surface area contributed by atoms with Crippen LogP contribution in [0.2, 0.25) is 0 Å². The molecule has 0 spiro atoms. The molecule has 0 radical (unpaired) electrons. The second-order valence-electron chi connectivity index (χ2n) is 5.94. The number of nitrogens with zero attached hydrogens (tertiary/aromatic N) is 5. The maximum Gasteiger partial charge on any atom is 0.208 e. The third kappa shape index (κ3) is 3.72. The zero-order valence-electron chi connectivity index (χ0n) is 14.0. The Morgan fingerprint density at radius 3 is 2.77 bits per heavy atom. The second kappa shape index (κ2) is 7.94. The van der Waals surface area contributed by atoms with Crippen LogP contribution in [-0.4, -0.2) is 53.6 Å². The first-order chi connectivity index (χ1) is 12.7. The monoisotopic (exact) mass is 407 g/mol. The van der Waals surface area contributed by atoms with Crippen molar-refractivity contribution in [2.45, 2.75) is 11.4 Å². The smallest absolute Gasteiger partial charge is 0.208 e. The van der Waals surface area contributed by atoms with E-state index in [1.807, 2.05) is 22.5 Å². The Morgan fingerprint density at radius 2 is 2.00 bits per heavy atom. The van der Waals surface area contributed by atoms with Crippen LogP contribution in [0.25, 0.3) is 5.82 Å². The molecule has 1 aromatic carbocycles. The highest BCUT2D eigenvalue weighted by molar-refractivity contribution is 7.96. The molecule has 2 aromatic rings. The molecular weight excluding hydrogens is 390 g/mol. The van der Waals surface area contributed by atoms with Gasteiger partial charge in [0, 0.05) is 41.1 Å². The lowest BCUT2D eigenvalue weighted by atomic mass is 10.2. The minimum absolute atomic E-state index is 0.537. The van der Waals surface area contributed by atoms with Gasteiger partial charge in [0.2, 0.25) is 5.62 Å². The van der Waals surface area contributed by atoms with E-state index in [-0.39, 0.29) is 0 Å². The third-order valence-corrected chi connectivity index (χ3v) is 7.04. The van der Waals surface area contributed by atoms with Crippen LogP contribution in [-0.2, 0) is 16.6 Å². The molecule has 0 N–H and O–H groups in total. The second-order valence-corrected chi connectivity index (χ2v) is 8.97. The lowest BCUT2D eigenvalue weighted by Crippen LogP contribution is -2.51. The minimum Gasteiger partial charge on any atom is -0.354 e. The van der Waals surface area contributed by atoms with E-state index in [1.165, 1.54) is 11.9 Å². The number of hydrogen-bond donors (Lipinski definition) is 0. The number of aromatic nitrogens is 2. The van der Waals surface area contributed by atoms with Crippen molar-refractivity contribution < 1.29 is 4.21 Å². The van der Waals surface area contributed by atoms with Gasteiger partial charge in [0.05, 0.1) is 6.20 Å². The summed E-state index contributed by atoms with van der Waals surface area (Å²) in [5, 5.41) is 1.48. The van der Waals surface area contributed by atoms with Gasteiger partial charge < -0.3 is 4.90 Å². The van der Waals surface area contributed by atoms with Crippen molar-refractivity contribution in [1.29, 1.82) is 0 Å². The van der Waals surface area contributed by atoms with Gasteiger partial charge in [-0.25, -0.2) is 15.0 Å². The van der Waals surface area contributed by atoms with Gasteiger partial charge >= 0.3 is 0 Å². The summed E-state index contributed by atoms with van der Waals surface area (Å²) in [5.74, 6) is 3.04. The fraction of sp³-hybridized carbons (Fsp3) is 0.353. The van der Waals surface area contributed by atoms with Crippen molar-refractivity contribution in [2.24, 2.45) is 4.99 Å². The number of halogens is 1. The average molecular weight is 408 g/mol. The minimum atomic E-state index is -0.746. The number of fused-ring (bicyclic) bond motifs is 1. The Morgan fingerprint density at radius 1 is 1.23 bits per heavy atom. The van der Waals surface area contributed by atoms with Gasteiger partial charge in [-0.05, 0) is 17.5 Å². The molecule has 6 nitrogen and oxygen atoms in total. The molecule has 2 aliphatic heterocycles. The van der Waals surface area contributed by atoms with Gasteiger partial charge in [-0.3, -0.25) is 8.51 Å². The summed E-state index contributed by atoms with van der Waals surface area (Å²) in [6.07, 6.45) is 3.23. The zero-order chi connectivity index (χ0) is 17.9. The van der Waals surface area contributed by atoms with Crippen LogP contribution in [0.5, 0.6) is 0 Å². The Balaban J connectivity index is 1.69. The fourth-order valence-corrected chi connectivity index (χ4v) is 5.34. The Kier molecular flexibility index (Phi) is 5.42. The molecule has 1 atom stereocenters. The number of rotatable bonds is 4. The Hall–Kier alpha value is -1.64. The van der Waals surface area contributed by atoms with E-state index >= 15 is 0 Å². The van der Waals surface area contributed by atoms with Crippen LogP contribution < -0.4 is 10.7 Å². The van der Waals surface area contributed by atoms with E-state index < -0.39 is 16.4 Å². The first-order valence-electron chi connectivity index (χ1n) is 8.30. The Bertz CT molecular complexity index is 916. The van der Waals surface area contributed by atoms with Crippen molar-refractivity contribution in [2.75, 3.05) is 24.6 Å². The molecule has 2 aliphatic rings. The third-order valence-electron chi connectivity index (χ3n) is 4.24. The Labute approximate surface area is 163 Å². The molecule has 3 heterocycles. The highest BCUT2D eigenvalue weighted by Gasteiger charge is 2.30. The quantitative estimate of drug-likeness (QED) is 0.426. The lowest BCUT2D eigenvalue weighted by Gasteiger charge is -2.38. The standard InChI is InChI=1S/C17H18ClN5OS2/c18-17-21-14-10-19-12-20-15(14)16(22-6-8-26(24)9-7-22)23(17)25-11-13-4-2-1-3-5-13/h1-5,10,12,17H,6-9,11H2. The topological polar surface area (TPSA) is 61.7 Å². The summed E-state index contributed by atoms with van der Waals surface area (Å²) in [4.78, 5) is 15.3. The van der Waals surface area contributed by atoms with E-state index in [2.05, 4.69) is 32.0 Å². The molecule has 4 rings (SSSR count). The molecule has 0 saturated carbocycles. The van der Waals surface area contributed by atoms with Crippen LogP contribution in [0.3, 0.4) is 0 Å². The highest BCUT2D eigenvalue weighted by Crippen LogP contribution is 2.30. The first kappa shape index (κ1) is 17.8. The zero-order valence-corrected chi connectivity index (χ0v) is 16.4. The summed E-state index contributed by atoms with van der Waals surface area (Å²) < 4.78 is 13.8. The van der Waals surface area contributed by atoms with Crippen LogP contribution in [0, 0.1) is 0 Å². The average Bonchev–Trinajstić information content (AvgIpc) is 2.67. The van der Waals surface area contributed by atoms with E-state index in [4.69, 9.17) is 11.6 Å². The van der Waals surface area contributed by atoms with Gasteiger partial charge in [0.1, 0.15) is 22.9 Å². The van der Waals surface area contributed by atoms with Crippen LogP contribution in [0.15, 0.2) is 47.8 Å². The van der Waals surface area contributed by atoms with Crippen molar-refractivity contribution in [3.63, 3.8) is 0 Å². The van der Waals surface area contributed by atoms with E-state index in [1.54, 1.807) is 18.1 Å². The predicted molar refractivity (Wildman–Crippen MR) is 105 cm³/mol. The molecule has 0 aliphatic carbocycles. The summed E-state index contributed by atoms with van der Waals surface area (Å²) in [7, 11) is -0.746. The molecule has 0 bridgehead atoms. The van der Waals surface area contributed by atoms with Gasteiger partial charge in [-0.1, -0.05) is 41.9 Å². The molecular formula is C17H18ClN5OS2. The number of alkyl halides is 1. The van der Waals surface area contributed by atoms with Crippen molar-refractivity contribution >= 4 is 40.2 Å². The van der Waals surface area contributed by atoms with E-state index in [0.717, 1.165) is 30.0 Å². The summed E-state index contributed by atoms with van der Waals surface area (Å²) >= 11 is 8.21. The summed E-state index contributed by atoms with van der Waals surface area (Å²) in [5.41, 5.74) is 0.679. The fourth-order valence-electron chi connectivity index (χ4n) is 2.94. The van der Waals surface area contributed by atoms with Crippen molar-refractivity contribution in [3.05, 3.63) is 59.1 Å². The van der Waals surface area contributed by atoms with Gasteiger partial charge in [-0.2, -0.15) is 0 Å². The normalized spacial score (nSPS) is 20.7. The maximum atomic E-state index is 11.8. The highest BCUT2D eigenvalue weighted by atomic mass is 35.5. The molecule has 136 valence electrons. The summed E-state index contributed by atoms with van der Waals surface area (Å²) in [6, 6.07) is 10.3. The molecule has 1 saturated heterocycles. The molecule has 9 heteroatoms. The molecule has 0 amide bonds. The first-order valence-corrected chi connectivity index (χ1v) is 11.2. The molecule has 1 fully saturated rings. The number of benzene rings is 1. The maximum absolute atomic E-state index is 11.8. The largest absolute Gasteiger partial charge is 0.354 e.